The van der Waals surface area contributed by atoms with Crippen LogP contribution in [0.5, 0.6) is 5.75 Å². The van der Waals surface area contributed by atoms with Crippen molar-refractivity contribution in [2.24, 2.45) is 0 Å². The zero-order valence-electron chi connectivity index (χ0n) is 15.6. The molecule has 0 aliphatic heterocycles. The molecule has 1 unspecified atom stereocenters. The Morgan fingerprint density at radius 2 is 1.76 bits per heavy atom. The average molecular weight is 434 g/mol. The second-order valence-corrected chi connectivity index (χ2v) is 7.86. The number of hydrogen-bond donors (Lipinski definition) is 3. The Kier molecular flexibility index (Phi) is 6.49. The topological polar surface area (TPSA) is 69.6 Å². The Morgan fingerprint density at radius 3 is 2.34 bits per heavy atom. The number of nitrogens with one attached hydrogen (secondary N) is 1. The maximum Gasteiger partial charge on any atom is 0.417 e. The van der Waals surface area contributed by atoms with E-state index in [0.717, 1.165) is 18.2 Å². The Balaban J connectivity index is 2.31. The Morgan fingerprint density at radius 1 is 1.14 bits per heavy atom. The van der Waals surface area contributed by atoms with Gasteiger partial charge in [0.15, 0.2) is 5.60 Å². The minimum absolute atomic E-state index is 0.103. The first-order valence-corrected chi connectivity index (χ1v) is 8.95. The largest absolute Gasteiger partial charge is 0.508 e. The van der Waals surface area contributed by atoms with Gasteiger partial charge in [-0.25, -0.2) is 4.39 Å². The molecule has 9 heteroatoms. The number of rotatable bonds is 6. The maximum absolute atomic E-state index is 13.7. The van der Waals surface area contributed by atoms with Crippen molar-refractivity contribution in [3.63, 3.8) is 0 Å². The van der Waals surface area contributed by atoms with Gasteiger partial charge in [-0.1, -0.05) is 37.6 Å². The van der Waals surface area contributed by atoms with Gasteiger partial charge in [0.25, 0.3) is 0 Å². The van der Waals surface area contributed by atoms with E-state index in [0.29, 0.717) is 0 Å². The summed E-state index contributed by atoms with van der Waals surface area (Å²) in [5.74, 6) is -2.27. The molecule has 0 aliphatic rings. The second-order valence-electron chi connectivity index (χ2n) is 7.46. The molecule has 158 valence electrons. The summed E-state index contributed by atoms with van der Waals surface area (Å²) in [6.45, 7) is 2.62. The standard InChI is InChI=1S/C20H20ClF4NO3/c1-18(2,13-9-12(22)7-8-16(13)27)11-19(29,20(23,24)25)10-17(28)26-15-6-4-3-5-14(15)21/h3-9,27,29H,10-11H2,1-2H3,(H,26,28). The molecular formula is C20H20ClF4NO3. The SMILES string of the molecule is CC(C)(CC(O)(CC(=O)Nc1ccccc1Cl)C(F)(F)F)c1cc(F)ccc1O. The average Bonchev–Trinajstić information content (AvgIpc) is 2.57. The first-order chi connectivity index (χ1) is 13.2. The number of alkyl halides is 3. The minimum atomic E-state index is -5.16. The number of phenolic OH excluding ortho intramolecular Hbond substituents is 1. The predicted octanol–water partition coefficient (Wildman–Crippen LogP) is 5.17. The summed E-state index contributed by atoms with van der Waals surface area (Å²) in [5, 5.41) is 22.8. The van der Waals surface area contributed by atoms with Gasteiger partial charge >= 0.3 is 6.18 Å². The van der Waals surface area contributed by atoms with Crippen LogP contribution in [0.2, 0.25) is 5.02 Å². The zero-order valence-corrected chi connectivity index (χ0v) is 16.4. The first-order valence-electron chi connectivity index (χ1n) is 8.58. The molecule has 2 aromatic rings. The van der Waals surface area contributed by atoms with Crippen LogP contribution in [0.25, 0.3) is 0 Å². The predicted molar refractivity (Wildman–Crippen MR) is 101 cm³/mol. The fourth-order valence-corrected chi connectivity index (χ4v) is 3.35. The van der Waals surface area contributed by atoms with Crippen molar-refractivity contribution in [1.82, 2.24) is 0 Å². The van der Waals surface area contributed by atoms with Crippen LogP contribution in [0.15, 0.2) is 42.5 Å². The van der Waals surface area contributed by atoms with Crippen LogP contribution in [-0.4, -0.2) is 27.9 Å². The molecule has 4 nitrogen and oxygen atoms in total. The molecule has 29 heavy (non-hydrogen) atoms. The van der Waals surface area contributed by atoms with Gasteiger partial charge in [0.2, 0.25) is 5.91 Å². The molecule has 2 aromatic carbocycles. The Bertz CT molecular complexity index is 902. The van der Waals surface area contributed by atoms with Gasteiger partial charge in [-0.15, -0.1) is 0 Å². The highest BCUT2D eigenvalue weighted by atomic mass is 35.5. The van der Waals surface area contributed by atoms with Gasteiger partial charge in [-0.05, 0) is 42.2 Å². The Hall–Kier alpha value is -2.32. The van der Waals surface area contributed by atoms with Crippen molar-refractivity contribution in [1.29, 1.82) is 0 Å². The summed E-state index contributed by atoms with van der Waals surface area (Å²) >= 11 is 5.89. The van der Waals surface area contributed by atoms with Crippen LogP contribution in [-0.2, 0) is 10.2 Å². The fraction of sp³-hybridized carbons (Fsp3) is 0.350. The van der Waals surface area contributed by atoms with E-state index in [1.54, 1.807) is 6.07 Å². The molecule has 1 amide bonds. The number of phenols is 1. The quantitative estimate of drug-likeness (QED) is 0.550. The number of hydrogen-bond acceptors (Lipinski definition) is 3. The lowest BCUT2D eigenvalue weighted by atomic mass is 9.73. The molecule has 0 radical (unpaired) electrons. The molecule has 0 spiro atoms. The third kappa shape index (κ3) is 5.39. The lowest BCUT2D eigenvalue weighted by Gasteiger charge is -2.37. The van der Waals surface area contributed by atoms with E-state index >= 15 is 0 Å². The van der Waals surface area contributed by atoms with Gasteiger partial charge < -0.3 is 15.5 Å². The molecule has 0 heterocycles. The monoisotopic (exact) mass is 433 g/mol. The molecule has 0 aliphatic carbocycles. The van der Waals surface area contributed by atoms with Crippen molar-refractivity contribution in [3.8, 4) is 5.75 Å². The first kappa shape index (κ1) is 23.0. The summed E-state index contributed by atoms with van der Waals surface area (Å²) in [4.78, 5) is 12.2. The summed E-state index contributed by atoms with van der Waals surface area (Å²) in [6, 6.07) is 8.84. The summed E-state index contributed by atoms with van der Waals surface area (Å²) in [6.07, 6.45) is -7.46. The number of aliphatic hydroxyl groups is 1. The maximum atomic E-state index is 13.7. The van der Waals surface area contributed by atoms with Crippen LogP contribution in [0.3, 0.4) is 0 Å². The van der Waals surface area contributed by atoms with E-state index in [-0.39, 0.29) is 16.3 Å². The normalized spacial score (nSPS) is 14.3. The van der Waals surface area contributed by atoms with E-state index < -0.39 is 47.5 Å². The third-order valence-electron chi connectivity index (χ3n) is 4.55. The van der Waals surface area contributed by atoms with E-state index in [1.165, 1.54) is 32.0 Å². The number of carbonyl (C=O) groups is 1. The molecule has 0 bridgehead atoms. The summed E-state index contributed by atoms with van der Waals surface area (Å²) in [5.41, 5.74) is -4.96. The van der Waals surface area contributed by atoms with E-state index in [1.807, 2.05) is 0 Å². The highest BCUT2D eigenvalue weighted by Gasteiger charge is 2.57. The van der Waals surface area contributed by atoms with Crippen LogP contribution in [0, 0.1) is 5.82 Å². The van der Waals surface area contributed by atoms with Crippen molar-refractivity contribution in [2.45, 2.75) is 43.9 Å². The molecule has 3 N–H and O–H groups in total. The van der Waals surface area contributed by atoms with Crippen molar-refractivity contribution in [3.05, 3.63) is 58.9 Å². The lowest BCUT2D eigenvalue weighted by Crippen LogP contribution is -2.51. The van der Waals surface area contributed by atoms with Crippen LogP contribution >= 0.6 is 11.6 Å². The van der Waals surface area contributed by atoms with Crippen molar-refractivity contribution in [2.75, 3.05) is 5.32 Å². The molecule has 0 fully saturated rings. The highest BCUT2D eigenvalue weighted by Crippen LogP contribution is 2.45. The Labute approximate surface area is 170 Å². The van der Waals surface area contributed by atoms with Gasteiger partial charge in [0.1, 0.15) is 11.6 Å². The van der Waals surface area contributed by atoms with E-state index in [9.17, 15) is 32.6 Å². The van der Waals surface area contributed by atoms with Gasteiger partial charge in [-0.2, -0.15) is 13.2 Å². The van der Waals surface area contributed by atoms with E-state index in [4.69, 9.17) is 11.6 Å². The van der Waals surface area contributed by atoms with Crippen LogP contribution in [0.4, 0.5) is 23.2 Å². The second kappa shape index (κ2) is 8.20. The minimum Gasteiger partial charge on any atom is -0.508 e. The molecule has 0 saturated carbocycles. The number of para-hydroxylation sites is 1. The smallest absolute Gasteiger partial charge is 0.417 e. The number of carbonyl (C=O) groups excluding carboxylic acids is 1. The van der Waals surface area contributed by atoms with Crippen LogP contribution in [0.1, 0.15) is 32.3 Å². The summed E-state index contributed by atoms with van der Waals surface area (Å²) < 4.78 is 54.7. The van der Waals surface area contributed by atoms with Crippen molar-refractivity contribution >= 4 is 23.2 Å². The molecule has 0 saturated heterocycles. The molecule has 0 aromatic heterocycles. The number of aromatic hydroxyl groups is 1. The van der Waals surface area contributed by atoms with Gasteiger partial charge in [0.05, 0.1) is 17.1 Å². The summed E-state index contributed by atoms with van der Waals surface area (Å²) in [7, 11) is 0. The molecule has 1 atom stereocenters. The highest BCUT2D eigenvalue weighted by molar-refractivity contribution is 6.33. The van der Waals surface area contributed by atoms with Crippen LogP contribution < -0.4 is 5.32 Å². The lowest BCUT2D eigenvalue weighted by molar-refractivity contribution is -0.266. The third-order valence-corrected chi connectivity index (χ3v) is 4.88. The number of amides is 1. The van der Waals surface area contributed by atoms with Crippen molar-refractivity contribution < 1.29 is 32.6 Å². The number of benzene rings is 2. The molecular weight excluding hydrogens is 414 g/mol. The molecule has 2 rings (SSSR count). The zero-order chi connectivity index (χ0) is 22.0. The number of halogens is 5. The fourth-order valence-electron chi connectivity index (χ4n) is 3.16. The van der Waals surface area contributed by atoms with E-state index in [2.05, 4.69) is 5.32 Å². The number of anilines is 1. The van der Waals surface area contributed by atoms with Gasteiger partial charge in [0, 0.05) is 5.56 Å². The van der Waals surface area contributed by atoms with Gasteiger partial charge in [-0.3, -0.25) is 4.79 Å².